The number of ether oxygens (including phenoxy) is 1. The zero-order valence-corrected chi connectivity index (χ0v) is 11.8. The molecule has 2 aromatic rings. The summed E-state index contributed by atoms with van der Waals surface area (Å²) in [6, 6.07) is 9.27. The number of nitrogens with one attached hydrogen (secondary N) is 1. The van der Waals surface area contributed by atoms with Crippen LogP contribution in [0.25, 0.3) is 0 Å². The van der Waals surface area contributed by atoms with Gasteiger partial charge in [0, 0.05) is 18.3 Å². The molecule has 0 aliphatic heterocycles. The maximum Gasteiger partial charge on any atom is 0.256 e. The highest BCUT2D eigenvalue weighted by molar-refractivity contribution is 5.37. The first-order chi connectivity index (χ1) is 9.76. The number of nitrogens with zero attached hydrogens (tertiary/aromatic N) is 1. The molecule has 0 spiro atoms. The number of aromatic nitrogens is 1. The van der Waals surface area contributed by atoms with Crippen LogP contribution >= 0.6 is 0 Å². The molecule has 3 nitrogen and oxygen atoms in total. The van der Waals surface area contributed by atoms with Crippen molar-refractivity contribution in [2.45, 2.75) is 26.8 Å². The van der Waals surface area contributed by atoms with Crippen molar-refractivity contribution in [2.75, 3.05) is 6.54 Å². The van der Waals surface area contributed by atoms with E-state index in [4.69, 9.17) is 4.74 Å². The molecule has 1 aromatic heterocycles. The van der Waals surface area contributed by atoms with Gasteiger partial charge in [-0.2, -0.15) is 0 Å². The minimum Gasteiger partial charge on any atom is -0.436 e. The molecule has 0 saturated heterocycles. The van der Waals surface area contributed by atoms with Crippen molar-refractivity contribution in [1.29, 1.82) is 0 Å². The highest BCUT2D eigenvalue weighted by Crippen LogP contribution is 2.27. The zero-order chi connectivity index (χ0) is 14.4. The highest BCUT2D eigenvalue weighted by atomic mass is 19.1. The van der Waals surface area contributed by atoms with Gasteiger partial charge in [0.25, 0.3) is 5.88 Å². The van der Waals surface area contributed by atoms with E-state index >= 15 is 0 Å². The number of pyridine rings is 1. The summed E-state index contributed by atoms with van der Waals surface area (Å²) < 4.78 is 19.9. The highest BCUT2D eigenvalue weighted by Gasteiger charge is 2.12. The lowest BCUT2D eigenvalue weighted by Crippen LogP contribution is -2.13. The second kappa shape index (κ2) is 7.01. The molecule has 106 valence electrons. The second-order valence-electron chi connectivity index (χ2n) is 4.43. The predicted molar refractivity (Wildman–Crippen MR) is 77.5 cm³/mol. The van der Waals surface area contributed by atoms with E-state index < -0.39 is 5.82 Å². The second-order valence-corrected chi connectivity index (χ2v) is 4.43. The Labute approximate surface area is 118 Å². The number of rotatable bonds is 6. The van der Waals surface area contributed by atoms with Gasteiger partial charge in [-0.25, -0.2) is 9.37 Å². The van der Waals surface area contributed by atoms with Gasteiger partial charge in [0.15, 0.2) is 5.82 Å². The van der Waals surface area contributed by atoms with Crippen LogP contribution in [0, 0.1) is 5.82 Å². The molecule has 0 fully saturated rings. The molecule has 20 heavy (non-hydrogen) atoms. The molecule has 0 saturated carbocycles. The van der Waals surface area contributed by atoms with Crippen molar-refractivity contribution in [2.24, 2.45) is 0 Å². The summed E-state index contributed by atoms with van der Waals surface area (Å²) in [6.07, 6.45) is 2.40. The quantitative estimate of drug-likeness (QED) is 0.872. The SMILES string of the molecule is CCNCc1ccnc(Oc2ccccc2CC)c1F. The third-order valence-corrected chi connectivity index (χ3v) is 3.06. The van der Waals surface area contributed by atoms with Crippen LogP contribution in [0.15, 0.2) is 36.5 Å². The Morgan fingerprint density at radius 1 is 1.15 bits per heavy atom. The molecule has 2 rings (SSSR count). The fourth-order valence-corrected chi connectivity index (χ4v) is 1.93. The van der Waals surface area contributed by atoms with Crippen molar-refractivity contribution in [1.82, 2.24) is 10.3 Å². The lowest BCUT2D eigenvalue weighted by molar-refractivity contribution is 0.414. The van der Waals surface area contributed by atoms with Gasteiger partial charge in [-0.05, 0) is 30.7 Å². The smallest absolute Gasteiger partial charge is 0.256 e. The van der Waals surface area contributed by atoms with E-state index in [0.717, 1.165) is 18.5 Å². The maximum atomic E-state index is 14.3. The number of aryl methyl sites for hydroxylation is 1. The van der Waals surface area contributed by atoms with Gasteiger partial charge in [-0.1, -0.05) is 32.0 Å². The molecule has 1 aromatic carbocycles. The molecule has 4 heteroatoms. The Kier molecular flexibility index (Phi) is 5.07. The van der Waals surface area contributed by atoms with E-state index in [1.165, 1.54) is 0 Å². The molecule has 0 aliphatic rings. The summed E-state index contributed by atoms with van der Waals surface area (Å²) >= 11 is 0. The van der Waals surface area contributed by atoms with Gasteiger partial charge in [-0.15, -0.1) is 0 Å². The van der Waals surface area contributed by atoms with Crippen LogP contribution in [-0.4, -0.2) is 11.5 Å². The van der Waals surface area contributed by atoms with E-state index in [2.05, 4.69) is 10.3 Å². The van der Waals surface area contributed by atoms with Crippen molar-refractivity contribution in [3.63, 3.8) is 0 Å². The van der Waals surface area contributed by atoms with Crippen molar-refractivity contribution < 1.29 is 9.13 Å². The van der Waals surface area contributed by atoms with Crippen molar-refractivity contribution in [3.8, 4) is 11.6 Å². The summed E-state index contributed by atoms with van der Waals surface area (Å²) in [4.78, 5) is 3.99. The zero-order valence-electron chi connectivity index (χ0n) is 11.8. The van der Waals surface area contributed by atoms with Crippen molar-refractivity contribution >= 4 is 0 Å². The third-order valence-electron chi connectivity index (χ3n) is 3.06. The van der Waals surface area contributed by atoms with Crippen LogP contribution < -0.4 is 10.1 Å². The monoisotopic (exact) mass is 274 g/mol. The van der Waals surface area contributed by atoms with E-state index in [1.807, 2.05) is 38.1 Å². The Balaban J connectivity index is 2.25. The average Bonchev–Trinajstić information content (AvgIpc) is 2.48. The fourth-order valence-electron chi connectivity index (χ4n) is 1.93. The molecule has 0 unspecified atom stereocenters. The molecule has 0 atom stereocenters. The Bertz CT molecular complexity index is 572. The summed E-state index contributed by atoms with van der Waals surface area (Å²) in [5.41, 5.74) is 1.59. The minimum atomic E-state index is -0.403. The van der Waals surface area contributed by atoms with Gasteiger partial charge < -0.3 is 10.1 Å². The van der Waals surface area contributed by atoms with Crippen LogP contribution in [0.2, 0.25) is 0 Å². The molecule has 0 bridgehead atoms. The first-order valence-corrected chi connectivity index (χ1v) is 6.86. The molecule has 0 aliphatic carbocycles. The lowest BCUT2D eigenvalue weighted by Gasteiger charge is -2.11. The summed E-state index contributed by atoms with van der Waals surface area (Å²) in [5.74, 6) is 0.280. The Hall–Kier alpha value is -1.94. The van der Waals surface area contributed by atoms with Crippen LogP contribution in [0.3, 0.4) is 0 Å². The van der Waals surface area contributed by atoms with Gasteiger partial charge in [0.2, 0.25) is 0 Å². The van der Waals surface area contributed by atoms with Crippen LogP contribution in [0.4, 0.5) is 4.39 Å². The first kappa shape index (κ1) is 14.5. The summed E-state index contributed by atoms with van der Waals surface area (Å²) in [5, 5.41) is 3.10. The number of halogens is 1. The predicted octanol–water partition coefficient (Wildman–Crippen LogP) is 3.68. The number of hydrogen-bond donors (Lipinski definition) is 1. The lowest BCUT2D eigenvalue weighted by atomic mass is 10.1. The van der Waals surface area contributed by atoms with E-state index in [1.54, 1.807) is 12.3 Å². The molecule has 0 amide bonds. The average molecular weight is 274 g/mol. The summed E-state index contributed by atoms with van der Waals surface area (Å²) in [6.45, 7) is 5.27. The number of hydrogen-bond acceptors (Lipinski definition) is 3. The molecule has 1 N–H and O–H groups in total. The Morgan fingerprint density at radius 3 is 2.70 bits per heavy atom. The topological polar surface area (TPSA) is 34.2 Å². The fraction of sp³-hybridized carbons (Fsp3) is 0.312. The number of benzene rings is 1. The van der Waals surface area contributed by atoms with Crippen LogP contribution in [0.5, 0.6) is 11.6 Å². The van der Waals surface area contributed by atoms with E-state index in [0.29, 0.717) is 17.9 Å². The van der Waals surface area contributed by atoms with Crippen LogP contribution in [0.1, 0.15) is 25.0 Å². The largest absolute Gasteiger partial charge is 0.436 e. The standard InChI is InChI=1S/C16H19FN2O/c1-3-12-7-5-6-8-14(12)20-16-15(17)13(9-10-19-16)11-18-4-2/h5-10,18H,3-4,11H2,1-2H3. The normalized spacial score (nSPS) is 10.6. The van der Waals surface area contributed by atoms with Crippen LogP contribution in [-0.2, 0) is 13.0 Å². The summed E-state index contributed by atoms with van der Waals surface area (Å²) in [7, 11) is 0. The Morgan fingerprint density at radius 2 is 1.95 bits per heavy atom. The molecular weight excluding hydrogens is 255 g/mol. The van der Waals surface area contributed by atoms with Gasteiger partial charge in [0.1, 0.15) is 5.75 Å². The molecule has 1 heterocycles. The first-order valence-electron chi connectivity index (χ1n) is 6.86. The van der Waals surface area contributed by atoms with Gasteiger partial charge in [0.05, 0.1) is 0 Å². The van der Waals surface area contributed by atoms with Gasteiger partial charge in [-0.3, -0.25) is 0 Å². The molecular formula is C16H19FN2O. The van der Waals surface area contributed by atoms with Crippen molar-refractivity contribution in [3.05, 3.63) is 53.5 Å². The van der Waals surface area contributed by atoms with E-state index in [-0.39, 0.29) is 5.88 Å². The minimum absolute atomic E-state index is 0.0290. The van der Waals surface area contributed by atoms with E-state index in [9.17, 15) is 4.39 Å². The maximum absolute atomic E-state index is 14.3. The number of para-hydroxylation sites is 1. The third kappa shape index (κ3) is 3.33. The molecule has 0 radical (unpaired) electrons. The van der Waals surface area contributed by atoms with Gasteiger partial charge >= 0.3 is 0 Å².